The lowest BCUT2D eigenvalue weighted by molar-refractivity contribution is -0.138. The van der Waals surface area contributed by atoms with E-state index < -0.39 is 17.5 Å². The number of nitrogen functional groups attached to an aromatic ring is 1. The van der Waals surface area contributed by atoms with Gasteiger partial charge in [-0.1, -0.05) is 0 Å². The SMILES string of the molecule is Nc1ccc(SNc2ccc(C(F)(F)F)c(O)c2)cc1. The minimum absolute atomic E-state index is 0.373. The van der Waals surface area contributed by atoms with Crippen molar-refractivity contribution in [3.05, 3.63) is 48.0 Å². The summed E-state index contributed by atoms with van der Waals surface area (Å²) >= 11 is 1.21. The van der Waals surface area contributed by atoms with Crippen LogP contribution in [0.25, 0.3) is 0 Å². The Kier molecular flexibility index (Phi) is 3.99. The van der Waals surface area contributed by atoms with Gasteiger partial charge in [0, 0.05) is 22.3 Å². The number of hydrogen-bond acceptors (Lipinski definition) is 4. The van der Waals surface area contributed by atoms with Gasteiger partial charge in [-0.3, -0.25) is 0 Å². The Morgan fingerprint density at radius 3 is 2.25 bits per heavy atom. The van der Waals surface area contributed by atoms with Gasteiger partial charge >= 0.3 is 6.18 Å². The quantitative estimate of drug-likeness (QED) is 0.589. The van der Waals surface area contributed by atoms with E-state index in [1.807, 2.05) is 0 Å². The Morgan fingerprint density at radius 1 is 1.05 bits per heavy atom. The minimum Gasteiger partial charge on any atom is -0.507 e. The van der Waals surface area contributed by atoms with E-state index in [2.05, 4.69) is 4.72 Å². The maximum absolute atomic E-state index is 12.5. The standard InChI is InChI=1S/C13H11F3N2OS/c14-13(15,16)11-6-3-9(7-12(11)19)18-20-10-4-1-8(17)2-5-10/h1-7,18-19H,17H2. The molecule has 0 unspecified atom stereocenters. The Hall–Kier alpha value is -2.02. The summed E-state index contributed by atoms with van der Waals surface area (Å²) in [5.74, 6) is -0.805. The molecule has 20 heavy (non-hydrogen) atoms. The summed E-state index contributed by atoms with van der Waals surface area (Å²) in [6.45, 7) is 0. The lowest BCUT2D eigenvalue weighted by Crippen LogP contribution is -2.05. The molecule has 0 bridgehead atoms. The van der Waals surface area contributed by atoms with Gasteiger partial charge < -0.3 is 15.6 Å². The molecular weight excluding hydrogens is 289 g/mol. The fraction of sp³-hybridized carbons (Fsp3) is 0.0769. The van der Waals surface area contributed by atoms with E-state index in [9.17, 15) is 18.3 Å². The molecule has 0 aromatic heterocycles. The average Bonchev–Trinajstić information content (AvgIpc) is 2.36. The van der Waals surface area contributed by atoms with Gasteiger partial charge in [0.25, 0.3) is 0 Å². The van der Waals surface area contributed by atoms with Crippen LogP contribution in [0.2, 0.25) is 0 Å². The van der Waals surface area contributed by atoms with Crippen molar-refractivity contribution in [1.82, 2.24) is 0 Å². The van der Waals surface area contributed by atoms with Crippen molar-refractivity contribution < 1.29 is 18.3 Å². The molecule has 2 aromatic rings. The molecule has 0 radical (unpaired) electrons. The summed E-state index contributed by atoms with van der Waals surface area (Å²) in [5.41, 5.74) is 5.49. The van der Waals surface area contributed by atoms with Crippen molar-refractivity contribution in [2.45, 2.75) is 11.1 Å². The molecule has 3 nitrogen and oxygen atoms in total. The number of halogens is 3. The summed E-state index contributed by atoms with van der Waals surface area (Å²) in [7, 11) is 0. The average molecular weight is 300 g/mol. The number of hydrogen-bond donors (Lipinski definition) is 3. The number of nitrogens with one attached hydrogen (secondary N) is 1. The van der Waals surface area contributed by atoms with Crippen molar-refractivity contribution in [2.75, 3.05) is 10.5 Å². The second kappa shape index (κ2) is 5.54. The van der Waals surface area contributed by atoms with E-state index in [-0.39, 0.29) is 0 Å². The second-order valence-corrected chi connectivity index (χ2v) is 4.88. The lowest BCUT2D eigenvalue weighted by Gasteiger charge is -2.11. The van der Waals surface area contributed by atoms with Gasteiger partial charge in [0.05, 0.1) is 5.56 Å². The molecule has 0 saturated carbocycles. The summed E-state index contributed by atoms with van der Waals surface area (Å²) < 4.78 is 40.3. The zero-order chi connectivity index (χ0) is 14.8. The highest BCUT2D eigenvalue weighted by Gasteiger charge is 2.33. The van der Waals surface area contributed by atoms with Gasteiger partial charge in [-0.2, -0.15) is 13.2 Å². The Labute approximate surface area is 117 Å². The molecule has 0 heterocycles. The molecule has 4 N–H and O–H groups in total. The largest absolute Gasteiger partial charge is 0.507 e. The smallest absolute Gasteiger partial charge is 0.419 e. The van der Waals surface area contributed by atoms with Gasteiger partial charge in [-0.05, 0) is 48.3 Å². The highest BCUT2D eigenvalue weighted by atomic mass is 32.2. The number of benzene rings is 2. The summed E-state index contributed by atoms with van der Waals surface area (Å²) in [5, 5.41) is 9.37. The van der Waals surface area contributed by atoms with Gasteiger partial charge in [0.1, 0.15) is 5.75 Å². The summed E-state index contributed by atoms with van der Waals surface area (Å²) in [4.78, 5) is 0.846. The fourth-order valence-electron chi connectivity index (χ4n) is 1.49. The van der Waals surface area contributed by atoms with Crippen LogP contribution in [0.15, 0.2) is 47.4 Å². The van der Waals surface area contributed by atoms with E-state index >= 15 is 0 Å². The molecule has 0 saturated heterocycles. The Balaban J connectivity index is 2.07. The number of anilines is 2. The molecule has 0 aliphatic carbocycles. The first-order chi connectivity index (χ1) is 9.36. The normalized spacial score (nSPS) is 11.3. The zero-order valence-electron chi connectivity index (χ0n) is 10.1. The Bertz CT molecular complexity index is 600. The first kappa shape index (κ1) is 14.4. The van der Waals surface area contributed by atoms with Gasteiger partial charge in [-0.15, -0.1) is 0 Å². The van der Waals surface area contributed by atoms with Gasteiger partial charge in [-0.25, -0.2) is 0 Å². The van der Waals surface area contributed by atoms with E-state index in [0.29, 0.717) is 11.4 Å². The first-order valence-electron chi connectivity index (χ1n) is 5.55. The maximum Gasteiger partial charge on any atom is 0.419 e. The molecule has 0 aliphatic heterocycles. The molecule has 0 spiro atoms. The monoisotopic (exact) mass is 300 g/mol. The first-order valence-corrected chi connectivity index (χ1v) is 6.36. The third-order valence-corrected chi connectivity index (χ3v) is 3.32. The minimum atomic E-state index is -4.56. The highest BCUT2D eigenvalue weighted by Crippen LogP contribution is 2.37. The van der Waals surface area contributed by atoms with E-state index in [1.165, 1.54) is 18.0 Å². The summed E-state index contributed by atoms with van der Waals surface area (Å²) in [6.07, 6.45) is -4.56. The van der Waals surface area contributed by atoms with E-state index in [1.54, 1.807) is 24.3 Å². The molecule has 2 rings (SSSR count). The van der Waals surface area contributed by atoms with Crippen LogP contribution in [-0.2, 0) is 6.18 Å². The molecular formula is C13H11F3N2OS. The van der Waals surface area contributed by atoms with Crippen molar-refractivity contribution in [3.63, 3.8) is 0 Å². The third kappa shape index (κ3) is 3.51. The molecule has 0 amide bonds. The predicted octanol–water partition coefficient (Wildman–Crippen LogP) is 4.11. The third-order valence-electron chi connectivity index (χ3n) is 2.47. The number of alkyl halides is 3. The van der Waals surface area contributed by atoms with Crippen molar-refractivity contribution in [2.24, 2.45) is 0 Å². The molecule has 0 fully saturated rings. The van der Waals surface area contributed by atoms with Crippen molar-refractivity contribution >= 4 is 23.3 Å². The van der Waals surface area contributed by atoms with Crippen molar-refractivity contribution in [1.29, 1.82) is 0 Å². The zero-order valence-corrected chi connectivity index (χ0v) is 10.9. The second-order valence-electron chi connectivity index (χ2n) is 4.00. The van der Waals surface area contributed by atoms with Crippen LogP contribution in [-0.4, -0.2) is 5.11 Å². The summed E-state index contributed by atoms with van der Waals surface area (Å²) in [6, 6.07) is 10.1. The molecule has 7 heteroatoms. The number of rotatable bonds is 3. The fourth-order valence-corrected chi connectivity index (χ4v) is 2.12. The van der Waals surface area contributed by atoms with Crippen LogP contribution in [0.3, 0.4) is 0 Å². The number of phenolic OH excluding ortho intramolecular Hbond substituents is 1. The molecule has 106 valence electrons. The van der Waals surface area contributed by atoms with E-state index in [4.69, 9.17) is 5.73 Å². The van der Waals surface area contributed by atoms with Crippen LogP contribution in [0.1, 0.15) is 5.56 Å². The number of phenols is 1. The van der Waals surface area contributed by atoms with Crippen LogP contribution in [0, 0.1) is 0 Å². The molecule has 0 aliphatic rings. The van der Waals surface area contributed by atoms with Crippen LogP contribution < -0.4 is 10.5 Å². The van der Waals surface area contributed by atoms with Crippen molar-refractivity contribution in [3.8, 4) is 5.75 Å². The molecule has 2 aromatic carbocycles. The van der Waals surface area contributed by atoms with Gasteiger partial charge in [0.15, 0.2) is 0 Å². The van der Waals surface area contributed by atoms with E-state index in [0.717, 1.165) is 17.0 Å². The maximum atomic E-state index is 12.5. The predicted molar refractivity (Wildman–Crippen MR) is 73.4 cm³/mol. The number of aromatic hydroxyl groups is 1. The highest BCUT2D eigenvalue weighted by molar-refractivity contribution is 8.00. The van der Waals surface area contributed by atoms with Crippen LogP contribution in [0.4, 0.5) is 24.5 Å². The lowest BCUT2D eigenvalue weighted by atomic mass is 10.2. The van der Waals surface area contributed by atoms with Gasteiger partial charge in [0.2, 0.25) is 0 Å². The molecule has 0 atom stereocenters. The number of nitrogens with two attached hydrogens (primary N) is 1. The van der Waals surface area contributed by atoms with Crippen LogP contribution >= 0.6 is 11.9 Å². The topological polar surface area (TPSA) is 58.3 Å². The van der Waals surface area contributed by atoms with Crippen LogP contribution in [0.5, 0.6) is 5.75 Å². The Morgan fingerprint density at radius 2 is 1.70 bits per heavy atom.